The first-order chi connectivity index (χ1) is 9.79. The van der Waals surface area contributed by atoms with E-state index < -0.39 is 20.7 Å². The molecular formula is C15H19ClO4S. The van der Waals surface area contributed by atoms with Crippen molar-refractivity contribution in [3.05, 3.63) is 28.3 Å². The number of rotatable bonds is 3. The van der Waals surface area contributed by atoms with Crippen LogP contribution in [0.4, 0.5) is 0 Å². The van der Waals surface area contributed by atoms with Gasteiger partial charge in [0.05, 0.1) is 17.5 Å². The molecule has 116 valence electrons. The summed E-state index contributed by atoms with van der Waals surface area (Å²) in [4.78, 5) is 0. The van der Waals surface area contributed by atoms with Crippen LogP contribution in [0.25, 0.3) is 0 Å². The highest BCUT2D eigenvalue weighted by Crippen LogP contribution is 2.41. The topological polar surface area (TPSA) is 63.6 Å². The Kier molecular flexibility index (Phi) is 3.71. The van der Waals surface area contributed by atoms with Crippen molar-refractivity contribution in [1.29, 1.82) is 0 Å². The summed E-state index contributed by atoms with van der Waals surface area (Å²) in [6, 6.07) is 3.65. The summed E-state index contributed by atoms with van der Waals surface area (Å²) >= 11 is 6.13. The summed E-state index contributed by atoms with van der Waals surface area (Å²) in [6.45, 7) is 0.608. The maximum absolute atomic E-state index is 11.9. The van der Waals surface area contributed by atoms with Crippen molar-refractivity contribution in [2.24, 2.45) is 0 Å². The number of benzene rings is 1. The molecule has 1 aromatic carbocycles. The highest BCUT2D eigenvalue weighted by Gasteiger charge is 2.47. The number of halogens is 1. The first kappa shape index (κ1) is 15.1. The number of hydrogen-bond acceptors (Lipinski definition) is 4. The lowest BCUT2D eigenvalue weighted by atomic mass is 9.91. The normalized spacial score (nSPS) is 28.4. The minimum absolute atomic E-state index is 0.271. The Hall–Kier alpha value is -0.780. The Labute approximate surface area is 130 Å². The van der Waals surface area contributed by atoms with Crippen LogP contribution in [-0.4, -0.2) is 37.2 Å². The van der Waals surface area contributed by atoms with Gasteiger partial charge in [0.1, 0.15) is 5.75 Å². The molecule has 1 aromatic rings. The molecule has 2 unspecified atom stereocenters. The van der Waals surface area contributed by atoms with E-state index >= 15 is 0 Å². The monoisotopic (exact) mass is 330 g/mol. The van der Waals surface area contributed by atoms with Gasteiger partial charge in [-0.1, -0.05) is 11.6 Å². The molecule has 0 saturated heterocycles. The van der Waals surface area contributed by atoms with Gasteiger partial charge in [-0.05, 0) is 42.5 Å². The fraction of sp³-hybridized carbons (Fsp3) is 0.600. The summed E-state index contributed by atoms with van der Waals surface area (Å²) in [5.74, 6) is 0.770. The van der Waals surface area contributed by atoms with Crippen LogP contribution in [0.15, 0.2) is 12.1 Å². The minimum atomic E-state index is -3.28. The van der Waals surface area contributed by atoms with E-state index in [1.165, 1.54) is 6.26 Å². The van der Waals surface area contributed by atoms with E-state index in [2.05, 4.69) is 0 Å². The second kappa shape index (κ2) is 5.14. The van der Waals surface area contributed by atoms with Crippen LogP contribution in [0.2, 0.25) is 5.02 Å². The summed E-state index contributed by atoms with van der Waals surface area (Å²) < 4.78 is 29.5. The van der Waals surface area contributed by atoms with E-state index in [1.807, 2.05) is 6.07 Å². The third-order valence-electron chi connectivity index (χ3n) is 4.51. The molecule has 21 heavy (non-hydrogen) atoms. The third kappa shape index (κ3) is 2.79. The number of sulfone groups is 1. The first-order valence-corrected chi connectivity index (χ1v) is 9.48. The average molecular weight is 331 g/mol. The van der Waals surface area contributed by atoms with Gasteiger partial charge in [-0.15, -0.1) is 0 Å². The van der Waals surface area contributed by atoms with Crippen molar-refractivity contribution in [3.63, 3.8) is 0 Å². The molecule has 3 rings (SSSR count). The molecule has 1 aliphatic carbocycles. The predicted octanol–water partition coefficient (Wildman–Crippen LogP) is 2.15. The lowest BCUT2D eigenvalue weighted by Gasteiger charge is -2.29. The van der Waals surface area contributed by atoms with Crippen LogP contribution in [0.5, 0.6) is 5.75 Å². The second-order valence-electron chi connectivity index (χ2n) is 6.14. The first-order valence-electron chi connectivity index (χ1n) is 7.15. The minimum Gasteiger partial charge on any atom is -0.493 e. The molecule has 1 fully saturated rings. The summed E-state index contributed by atoms with van der Waals surface area (Å²) in [6.07, 6.45) is 4.00. The molecule has 0 bridgehead atoms. The van der Waals surface area contributed by atoms with Gasteiger partial charge in [-0.25, -0.2) is 8.42 Å². The molecule has 6 heteroatoms. The van der Waals surface area contributed by atoms with Gasteiger partial charge in [0.25, 0.3) is 0 Å². The maximum atomic E-state index is 11.9. The fourth-order valence-corrected chi connectivity index (χ4v) is 5.50. The van der Waals surface area contributed by atoms with Crippen molar-refractivity contribution < 1.29 is 18.3 Å². The van der Waals surface area contributed by atoms with Gasteiger partial charge < -0.3 is 9.84 Å². The highest BCUT2D eigenvalue weighted by molar-refractivity contribution is 7.91. The summed E-state index contributed by atoms with van der Waals surface area (Å²) in [5.41, 5.74) is 0.626. The smallest absolute Gasteiger partial charge is 0.153 e. The van der Waals surface area contributed by atoms with Gasteiger partial charge in [-0.3, -0.25) is 0 Å². The maximum Gasteiger partial charge on any atom is 0.153 e. The molecule has 1 N–H and O–H groups in total. The van der Waals surface area contributed by atoms with E-state index in [4.69, 9.17) is 16.3 Å². The van der Waals surface area contributed by atoms with Gasteiger partial charge in [0.15, 0.2) is 9.84 Å². The Morgan fingerprint density at radius 2 is 2.24 bits per heavy atom. The number of aliphatic hydroxyl groups is 1. The molecular weight excluding hydrogens is 312 g/mol. The Morgan fingerprint density at radius 3 is 2.95 bits per heavy atom. The molecule has 2 atom stereocenters. The van der Waals surface area contributed by atoms with Gasteiger partial charge in [0.2, 0.25) is 0 Å². The van der Waals surface area contributed by atoms with E-state index in [0.29, 0.717) is 24.5 Å². The zero-order valence-electron chi connectivity index (χ0n) is 11.9. The lowest BCUT2D eigenvalue weighted by Crippen LogP contribution is -2.44. The van der Waals surface area contributed by atoms with Gasteiger partial charge >= 0.3 is 0 Å². The third-order valence-corrected chi connectivity index (χ3v) is 6.44. The average Bonchev–Trinajstić information content (AvgIpc) is 2.94. The fourth-order valence-electron chi connectivity index (χ4n) is 3.65. The molecule has 1 aliphatic heterocycles. The lowest BCUT2D eigenvalue weighted by molar-refractivity contribution is 0.0506. The number of hydrogen-bond donors (Lipinski definition) is 1. The van der Waals surface area contributed by atoms with Crippen LogP contribution < -0.4 is 4.74 Å². The Morgan fingerprint density at radius 1 is 1.48 bits per heavy atom. The van der Waals surface area contributed by atoms with Crippen LogP contribution in [0, 0.1) is 0 Å². The van der Waals surface area contributed by atoms with Crippen molar-refractivity contribution in [2.75, 3.05) is 12.9 Å². The zero-order chi connectivity index (χ0) is 15.3. The second-order valence-corrected chi connectivity index (χ2v) is 8.81. The number of fused-ring (bicyclic) bond motifs is 1. The molecule has 0 aromatic heterocycles. The van der Waals surface area contributed by atoms with Crippen molar-refractivity contribution in [1.82, 2.24) is 0 Å². The van der Waals surface area contributed by atoms with Gasteiger partial charge in [-0.2, -0.15) is 0 Å². The highest BCUT2D eigenvalue weighted by atomic mass is 35.5. The van der Waals surface area contributed by atoms with E-state index in [9.17, 15) is 13.5 Å². The summed E-state index contributed by atoms with van der Waals surface area (Å²) in [5, 5.41) is 10.8. The largest absolute Gasteiger partial charge is 0.493 e. The zero-order valence-corrected chi connectivity index (χ0v) is 13.5. The van der Waals surface area contributed by atoms with Crippen molar-refractivity contribution >= 4 is 21.4 Å². The summed E-state index contributed by atoms with van der Waals surface area (Å²) in [7, 11) is -3.28. The predicted molar refractivity (Wildman–Crippen MR) is 81.8 cm³/mol. The van der Waals surface area contributed by atoms with E-state index in [-0.39, 0.29) is 6.42 Å². The Balaban J connectivity index is 1.97. The van der Waals surface area contributed by atoms with Crippen LogP contribution in [0.3, 0.4) is 0 Å². The standard InChI is InChI=1S/C15H19ClO4S/c1-21(18,19)13-3-2-5-15(13,17)9-11-8-12(16)7-10-4-6-20-14(10)11/h7-8,13,17H,2-6,9H2,1H3. The van der Waals surface area contributed by atoms with Crippen LogP contribution in [-0.2, 0) is 22.7 Å². The molecule has 1 heterocycles. The molecule has 0 radical (unpaired) electrons. The molecule has 0 spiro atoms. The van der Waals surface area contributed by atoms with E-state index in [0.717, 1.165) is 29.7 Å². The quantitative estimate of drug-likeness (QED) is 0.922. The Bertz CT molecular complexity index is 670. The van der Waals surface area contributed by atoms with Crippen molar-refractivity contribution in [2.45, 2.75) is 43.0 Å². The number of ether oxygens (including phenoxy) is 1. The van der Waals surface area contributed by atoms with Crippen LogP contribution in [0.1, 0.15) is 30.4 Å². The molecule has 0 amide bonds. The molecule has 4 nitrogen and oxygen atoms in total. The molecule has 1 saturated carbocycles. The SMILES string of the molecule is CS(=O)(=O)C1CCCC1(O)Cc1cc(Cl)cc2c1OCC2. The molecule has 2 aliphatic rings. The van der Waals surface area contributed by atoms with Crippen molar-refractivity contribution in [3.8, 4) is 5.75 Å². The van der Waals surface area contributed by atoms with E-state index in [1.54, 1.807) is 6.07 Å². The van der Waals surface area contributed by atoms with Gasteiger partial charge in [0, 0.05) is 24.1 Å². The van der Waals surface area contributed by atoms with Crippen LogP contribution >= 0.6 is 11.6 Å².